The Hall–Kier alpha value is -1.99. The molecule has 0 aliphatic carbocycles. The van der Waals surface area contributed by atoms with Gasteiger partial charge in [-0.1, -0.05) is 6.07 Å². The van der Waals surface area contributed by atoms with E-state index < -0.39 is 15.8 Å². The topological polar surface area (TPSA) is 71.1 Å². The molecule has 0 radical (unpaired) electrons. The minimum atomic E-state index is -3.86. The minimum Gasteiger partial charge on any atom is -0.316 e. The number of benzene rings is 1. The fraction of sp³-hybridized carbons (Fsp3) is 0.214. The van der Waals surface area contributed by atoms with E-state index in [9.17, 15) is 12.8 Å². The van der Waals surface area contributed by atoms with Crippen LogP contribution in [0, 0.1) is 12.7 Å². The largest absolute Gasteiger partial charge is 0.316 e. The Labute approximate surface area is 123 Å². The van der Waals surface area contributed by atoms with Crippen LogP contribution < -0.4 is 10.0 Å². The summed E-state index contributed by atoms with van der Waals surface area (Å²) in [5.74, 6) is -0.596. The average Bonchev–Trinajstić information content (AvgIpc) is 2.40. The standard InChI is InChI=1S/C14H16FN3O2S/c1-10-7-13(5-6-17-10)18-21(19,20)14-8-12(15)4-3-11(14)9-16-2/h3-8,16H,9H2,1-2H3,(H,17,18). The van der Waals surface area contributed by atoms with E-state index >= 15 is 0 Å². The van der Waals surface area contributed by atoms with E-state index in [1.165, 1.54) is 18.3 Å². The summed E-state index contributed by atoms with van der Waals surface area (Å²) in [5.41, 5.74) is 1.57. The Morgan fingerprint density at radius 3 is 2.67 bits per heavy atom. The summed E-state index contributed by atoms with van der Waals surface area (Å²) in [5, 5.41) is 2.86. The third-order valence-corrected chi connectivity index (χ3v) is 4.30. The molecule has 0 fully saturated rings. The Kier molecular flexibility index (Phi) is 4.54. The fourth-order valence-electron chi connectivity index (χ4n) is 1.93. The van der Waals surface area contributed by atoms with E-state index in [4.69, 9.17) is 0 Å². The first kappa shape index (κ1) is 15.4. The van der Waals surface area contributed by atoms with Crippen molar-refractivity contribution < 1.29 is 12.8 Å². The molecule has 2 aromatic rings. The van der Waals surface area contributed by atoms with Crippen LogP contribution in [0.25, 0.3) is 0 Å². The number of sulfonamides is 1. The number of anilines is 1. The number of hydrogen-bond acceptors (Lipinski definition) is 4. The van der Waals surface area contributed by atoms with Crippen LogP contribution in [0.15, 0.2) is 41.4 Å². The predicted molar refractivity (Wildman–Crippen MR) is 78.9 cm³/mol. The zero-order valence-electron chi connectivity index (χ0n) is 11.7. The second kappa shape index (κ2) is 6.19. The van der Waals surface area contributed by atoms with Crippen LogP contribution in [0.2, 0.25) is 0 Å². The maximum absolute atomic E-state index is 13.4. The lowest BCUT2D eigenvalue weighted by Gasteiger charge is -2.12. The summed E-state index contributed by atoms with van der Waals surface area (Å²) in [6.45, 7) is 2.08. The number of aromatic nitrogens is 1. The molecule has 0 bridgehead atoms. The van der Waals surface area contributed by atoms with Crippen molar-refractivity contribution in [2.24, 2.45) is 0 Å². The predicted octanol–water partition coefficient (Wildman–Crippen LogP) is 2.05. The molecule has 0 aliphatic rings. The van der Waals surface area contributed by atoms with Gasteiger partial charge in [0.15, 0.2) is 0 Å². The number of halogens is 1. The van der Waals surface area contributed by atoms with Crippen molar-refractivity contribution in [2.75, 3.05) is 11.8 Å². The third-order valence-electron chi connectivity index (χ3n) is 2.83. The van der Waals surface area contributed by atoms with E-state index in [1.54, 1.807) is 26.1 Å². The van der Waals surface area contributed by atoms with E-state index in [-0.39, 0.29) is 4.90 Å². The van der Waals surface area contributed by atoms with Gasteiger partial charge in [0.05, 0.1) is 10.6 Å². The highest BCUT2D eigenvalue weighted by Gasteiger charge is 2.19. The molecule has 1 aromatic heterocycles. The van der Waals surface area contributed by atoms with Crippen molar-refractivity contribution >= 4 is 15.7 Å². The number of aryl methyl sites for hydroxylation is 1. The summed E-state index contributed by atoms with van der Waals surface area (Å²) in [7, 11) is -2.17. The van der Waals surface area contributed by atoms with Gasteiger partial charge in [-0.15, -0.1) is 0 Å². The molecule has 0 saturated heterocycles. The van der Waals surface area contributed by atoms with Gasteiger partial charge in [0.2, 0.25) is 0 Å². The molecule has 0 amide bonds. The molecule has 0 saturated carbocycles. The second-order valence-corrected chi connectivity index (χ2v) is 6.22. The zero-order valence-corrected chi connectivity index (χ0v) is 12.5. The van der Waals surface area contributed by atoms with Crippen LogP contribution >= 0.6 is 0 Å². The fourth-order valence-corrected chi connectivity index (χ4v) is 3.23. The quantitative estimate of drug-likeness (QED) is 0.887. The Morgan fingerprint density at radius 2 is 2.00 bits per heavy atom. The summed E-state index contributed by atoms with van der Waals surface area (Å²) < 4.78 is 40.7. The molecular weight excluding hydrogens is 293 g/mol. The summed E-state index contributed by atoms with van der Waals surface area (Å²) in [6, 6.07) is 6.86. The molecule has 5 nitrogen and oxygen atoms in total. The molecule has 2 rings (SSSR count). The van der Waals surface area contributed by atoms with Gasteiger partial charge in [-0.25, -0.2) is 12.8 Å². The first-order chi connectivity index (χ1) is 9.92. The summed E-state index contributed by atoms with van der Waals surface area (Å²) in [4.78, 5) is 3.92. The molecule has 0 unspecified atom stereocenters. The van der Waals surface area contributed by atoms with Crippen molar-refractivity contribution in [3.05, 3.63) is 53.6 Å². The van der Waals surface area contributed by atoms with Gasteiger partial charge in [-0.3, -0.25) is 9.71 Å². The van der Waals surface area contributed by atoms with Crippen molar-refractivity contribution in [3.8, 4) is 0 Å². The highest BCUT2D eigenvalue weighted by Crippen LogP contribution is 2.21. The third kappa shape index (κ3) is 3.77. The van der Waals surface area contributed by atoms with Crippen LogP contribution in [-0.4, -0.2) is 20.4 Å². The smallest absolute Gasteiger partial charge is 0.262 e. The lowest BCUT2D eigenvalue weighted by molar-refractivity contribution is 0.592. The SMILES string of the molecule is CNCc1ccc(F)cc1S(=O)(=O)Nc1ccnc(C)c1. The number of nitrogens with zero attached hydrogens (tertiary/aromatic N) is 1. The van der Waals surface area contributed by atoms with Gasteiger partial charge in [0, 0.05) is 18.4 Å². The van der Waals surface area contributed by atoms with Crippen LogP contribution in [0.5, 0.6) is 0 Å². The Morgan fingerprint density at radius 1 is 1.24 bits per heavy atom. The molecule has 1 aromatic carbocycles. The molecule has 21 heavy (non-hydrogen) atoms. The first-order valence-electron chi connectivity index (χ1n) is 6.31. The molecule has 2 N–H and O–H groups in total. The van der Waals surface area contributed by atoms with Crippen molar-refractivity contribution in [1.29, 1.82) is 0 Å². The number of rotatable bonds is 5. The monoisotopic (exact) mass is 309 g/mol. The van der Waals surface area contributed by atoms with Crippen LogP contribution in [-0.2, 0) is 16.6 Å². The molecule has 0 atom stereocenters. The van der Waals surface area contributed by atoms with Gasteiger partial charge in [-0.2, -0.15) is 0 Å². The van der Waals surface area contributed by atoms with Gasteiger partial charge in [-0.05, 0) is 43.8 Å². The maximum Gasteiger partial charge on any atom is 0.262 e. The normalized spacial score (nSPS) is 11.4. The lowest BCUT2D eigenvalue weighted by Crippen LogP contribution is -2.17. The lowest BCUT2D eigenvalue weighted by atomic mass is 10.2. The number of hydrogen-bond donors (Lipinski definition) is 2. The average molecular weight is 309 g/mol. The van der Waals surface area contributed by atoms with Gasteiger partial charge < -0.3 is 5.32 Å². The number of pyridine rings is 1. The molecule has 1 heterocycles. The zero-order chi connectivity index (χ0) is 15.5. The molecule has 7 heteroatoms. The van der Waals surface area contributed by atoms with E-state index in [2.05, 4.69) is 15.0 Å². The first-order valence-corrected chi connectivity index (χ1v) is 7.79. The maximum atomic E-state index is 13.4. The molecule has 112 valence electrons. The Bertz CT molecular complexity index is 748. The summed E-state index contributed by atoms with van der Waals surface area (Å²) in [6.07, 6.45) is 1.51. The van der Waals surface area contributed by atoms with Gasteiger partial charge in [0.25, 0.3) is 10.0 Å². The van der Waals surface area contributed by atoms with Crippen LogP contribution in [0.1, 0.15) is 11.3 Å². The van der Waals surface area contributed by atoms with E-state index in [0.717, 1.165) is 6.07 Å². The highest BCUT2D eigenvalue weighted by molar-refractivity contribution is 7.92. The molecule has 0 aliphatic heterocycles. The van der Waals surface area contributed by atoms with E-state index in [1.807, 2.05) is 0 Å². The van der Waals surface area contributed by atoms with Gasteiger partial charge in [0.1, 0.15) is 5.82 Å². The van der Waals surface area contributed by atoms with Crippen LogP contribution in [0.4, 0.5) is 10.1 Å². The highest BCUT2D eigenvalue weighted by atomic mass is 32.2. The Balaban J connectivity index is 2.41. The number of nitrogens with one attached hydrogen (secondary N) is 2. The van der Waals surface area contributed by atoms with Crippen molar-refractivity contribution in [2.45, 2.75) is 18.4 Å². The van der Waals surface area contributed by atoms with Crippen LogP contribution in [0.3, 0.4) is 0 Å². The minimum absolute atomic E-state index is 0.0775. The van der Waals surface area contributed by atoms with Gasteiger partial charge >= 0.3 is 0 Å². The second-order valence-electron chi connectivity index (χ2n) is 4.57. The summed E-state index contributed by atoms with van der Waals surface area (Å²) >= 11 is 0. The molecule has 0 spiro atoms. The van der Waals surface area contributed by atoms with E-state index in [0.29, 0.717) is 23.5 Å². The van der Waals surface area contributed by atoms with Crippen molar-refractivity contribution in [1.82, 2.24) is 10.3 Å². The van der Waals surface area contributed by atoms with Crippen molar-refractivity contribution in [3.63, 3.8) is 0 Å². The molecular formula is C14H16FN3O2S.